The van der Waals surface area contributed by atoms with Crippen LogP contribution in [0.1, 0.15) is 23.2 Å². The molecule has 7 nitrogen and oxygen atoms in total. The molecular weight excluding hydrogens is 383 g/mol. The highest BCUT2D eigenvalue weighted by Gasteiger charge is 2.28. The maximum Gasteiger partial charge on any atom is 0.225 e. The number of ether oxygens (including phenoxy) is 1. The van der Waals surface area contributed by atoms with Crippen molar-refractivity contribution in [2.75, 3.05) is 43.6 Å². The Kier molecular flexibility index (Phi) is 5.59. The molecule has 0 spiro atoms. The van der Waals surface area contributed by atoms with Crippen molar-refractivity contribution in [1.82, 2.24) is 19.9 Å². The smallest absolute Gasteiger partial charge is 0.225 e. The van der Waals surface area contributed by atoms with E-state index in [0.29, 0.717) is 31.6 Å². The predicted molar refractivity (Wildman–Crippen MR) is 114 cm³/mol. The standard InChI is InChI=1S/C22H25FN6O/c1-14-11-15(2)26-22(25-14)29-9-10-30-19(13-29)20-18(12-24-21(27-20)28(3)4)16-5-7-17(23)8-6-16/h5-8,11-12,19H,9-10,13H2,1-4H3/t19-/m0/s1. The van der Waals surface area contributed by atoms with Gasteiger partial charge < -0.3 is 14.5 Å². The molecule has 0 bridgehead atoms. The molecule has 0 radical (unpaired) electrons. The van der Waals surface area contributed by atoms with E-state index in [1.54, 1.807) is 18.3 Å². The summed E-state index contributed by atoms with van der Waals surface area (Å²) in [5.74, 6) is 1.02. The normalized spacial score (nSPS) is 16.6. The van der Waals surface area contributed by atoms with Gasteiger partial charge in [0.15, 0.2) is 0 Å². The first-order valence-corrected chi connectivity index (χ1v) is 9.90. The summed E-state index contributed by atoms with van der Waals surface area (Å²) >= 11 is 0. The second kappa shape index (κ2) is 8.31. The largest absolute Gasteiger partial charge is 0.368 e. The monoisotopic (exact) mass is 408 g/mol. The van der Waals surface area contributed by atoms with E-state index in [4.69, 9.17) is 9.72 Å². The van der Waals surface area contributed by atoms with Gasteiger partial charge in [0.05, 0.1) is 18.8 Å². The average molecular weight is 408 g/mol. The van der Waals surface area contributed by atoms with Gasteiger partial charge in [-0.1, -0.05) is 12.1 Å². The maximum atomic E-state index is 13.4. The summed E-state index contributed by atoms with van der Waals surface area (Å²) in [7, 11) is 3.79. The van der Waals surface area contributed by atoms with Crippen molar-refractivity contribution in [2.45, 2.75) is 20.0 Å². The quantitative estimate of drug-likeness (QED) is 0.656. The van der Waals surface area contributed by atoms with Crippen LogP contribution in [0.15, 0.2) is 36.5 Å². The van der Waals surface area contributed by atoms with E-state index in [-0.39, 0.29) is 11.9 Å². The summed E-state index contributed by atoms with van der Waals surface area (Å²) in [6, 6.07) is 8.32. The molecule has 30 heavy (non-hydrogen) atoms. The lowest BCUT2D eigenvalue weighted by molar-refractivity contribution is 0.0368. The minimum atomic E-state index is -0.287. The third-order valence-corrected chi connectivity index (χ3v) is 4.99. The predicted octanol–water partition coefficient (Wildman–Crippen LogP) is 3.33. The highest BCUT2D eigenvalue weighted by Crippen LogP contribution is 2.32. The van der Waals surface area contributed by atoms with Crippen molar-refractivity contribution >= 4 is 11.9 Å². The van der Waals surface area contributed by atoms with E-state index in [0.717, 1.165) is 28.2 Å². The summed E-state index contributed by atoms with van der Waals surface area (Å²) in [6.45, 7) is 5.75. The van der Waals surface area contributed by atoms with Crippen LogP contribution < -0.4 is 9.80 Å². The molecular formula is C22H25FN6O. The molecule has 0 aliphatic carbocycles. The fraction of sp³-hybridized carbons (Fsp3) is 0.364. The molecule has 1 aliphatic rings. The minimum Gasteiger partial charge on any atom is -0.368 e. The van der Waals surface area contributed by atoms with E-state index in [2.05, 4.69) is 19.9 Å². The van der Waals surface area contributed by atoms with E-state index < -0.39 is 0 Å². The number of morpholine rings is 1. The third-order valence-electron chi connectivity index (χ3n) is 4.99. The van der Waals surface area contributed by atoms with Gasteiger partial charge in [0.2, 0.25) is 11.9 Å². The van der Waals surface area contributed by atoms with Gasteiger partial charge in [-0.3, -0.25) is 0 Å². The molecule has 0 unspecified atom stereocenters. The first kappa shape index (κ1) is 20.2. The zero-order chi connectivity index (χ0) is 21.3. The van der Waals surface area contributed by atoms with Gasteiger partial charge in [0.25, 0.3) is 0 Å². The lowest BCUT2D eigenvalue weighted by Crippen LogP contribution is -2.40. The van der Waals surface area contributed by atoms with Gasteiger partial charge in [-0.05, 0) is 37.6 Å². The van der Waals surface area contributed by atoms with Gasteiger partial charge in [-0.25, -0.2) is 24.3 Å². The van der Waals surface area contributed by atoms with Crippen LogP contribution in [0.3, 0.4) is 0 Å². The number of hydrogen-bond acceptors (Lipinski definition) is 7. The van der Waals surface area contributed by atoms with Crippen molar-refractivity contribution in [3.05, 3.63) is 59.4 Å². The molecule has 3 heterocycles. The molecule has 1 fully saturated rings. The first-order chi connectivity index (χ1) is 14.4. The van der Waals surface area contributed by atoms with Crippen molar-refractivity contribution < 1.29 is 9.13 Å². The lowest BCUT2D eigenvalue weighted by atomic mass is 10.0. The maximum absolute atomic E-state index is 13.4. The number of aromatic nitrogens is 4. The summed E-state index contributed by atoms with van der Waals surface area (Å²) in [5.41, 5.74) is 4.32. The van der Waals surface area contributed by atoms with Crippen LogP contribution in [0.4, 0.5) is 16.3 Å². The first-order valence-electron chi connectivity index (χ1n) is 9.90. The van der Waals surface area contributed by atoms with Crippen LogP contribution in [0, 0.1) is 19.7 Å². The van der Waals surface area contributed by atoms with Gasteiger partial charge in [-0.15, -0.1) is 0 Å². The highest BCUT2D eigenvalue weighted by molar-refractivity contribution is 5.66. The summed E-state index contributed by atoms with van der Waals surface area (Å²) in [6.07, 6.45) is 1.49. The molecule has 1 saturated heterocycles. The molecule has 3 aromatic rings. The topological polar surface area (TPSA) is 67.3 Å². The van der Waals surface area contributed by atoms with Crippen molar-refractivity contribution in [1.29, 1.82) is 0 Å². The Morgan fingerprint density at radius 1 is 1.07 bits per heavy atom. The average Bonchev–Trinajstić information content (AvgIpc) is 2.73. The second-order valence-corrected chi connectivity index (χ2v) is 7.63. The number of anilines is 2. The van der Waals surface area contributed by atoms with Crippen molar-refractivity contribution in [2.24, 2.45) is 0 Å². The van der Waals surface area contributed by atoms with Gasteiger partial charge >= 0.3 is 0 Å². The van der Waals surface area contributed by atoms with Gasteiger partial charge in [0, 0.05) is 43.8 Å². The van der Waals surface area contributed by atoms with Crippen LogP contribution in [-0.4, -0.2) is 53.7 Å². The Balaban J connectivity index is 1.72. The third kappa shape index (κ3) is 4.23. The summed E-state index contributed by atoms with van der Waals surface area (Å²) in [5, 5.41) is 0. The molecule has 4 rings (SSSR count). The highest BCUT2D eigenvalue weighted by atomic mass is 19.1. The molecule has 2 aromatic heterocycles. The van der Waals surface area contributed by atoms with Gasteiger partial charge in [0.1, 0.15) is 11.9 Å². The number of nitrogens with zero attached hydrogens (tertiary/aromatic N) is 6. The minimum absolute atomic E-state index is 0.279. The van der Waals surface area contributed by atoms with E-state index in [1.165, 1.54) is 12.1 Å². The van der Waals surface area contributed by atoms with Crippen LogP contribution in [0.5, 0.6) is 0 Å². The molecule has 1 aliphatic heterocycles. The lowest BCUT2D eigenvalue weighted by Gasteiger charge is -2.33. The fourth-order valence-corrected chi connectivity index (χ4v) is 3.54. The molecule has 0 amide bonds. The van der Waals surface area contributed by atoms with Crippen LogP contribution >= 0.6 is 0 Å². The van der Waals surface area contributed by atoms with Crippen molar-refractivity contribution in [3.8, 4) is 11.1 Å². The molecule has 8 heteroatoms. The SMILES string of the molecule is Cc1cc(C)nc(N2CCO[C@H](c3nc(N(C)C)ncc3-c3ccc(F)cc3)C2)n1. The molecule has 1 aromatic carbocycles. The molecule has 156 valence electrons. The Hall–Kier alpha value is -3.13. The van der Waals surface area contributed by atoms with E-state index >= 15 is 0 Å². The van der Waals surface area contributed by atoms with Crippen LogP contribution in [0.2, 0.25) is 0 Å². The fourth-order valence-electron chi connectivity index (χ4n) is 3.54. The number of hydrogen-bond donors (Lipinski definition) is 0. The number of halogens is 1. The van der Waals surface area contributed by atoms with Crippen LogP contribution in [0.25, 0.3) is 11.1 Å². The number of rotatable bonds is 4. The molecule has 0 N–H and O–H groups in total. The van der Waals surface area contributed by atoms with Gasteiger partial charge in [-0.2, -0.15) is 0 Å². The van der Waals surface area contributed by atoms with E-state index in [1.807, 2.05) is 38.9 Å². The zero-order valence-electron chi connectivity index (χ0n) is 17.6. The molecule has 0 saturated carbocycles. The number of benzene rings is 1. The van der Waals surface area contributed by atoms with E-state index in [9.17, 15) is 4.39 Å². The molecule has 1 atom stereocenters. The van der Waals surface area contributed by atoms with Crippen molar-refractivity contribution in [3.63, 3.8) is 0 Å². The van der Waals surface area contributed by atoms with Crippen LogP contribution in [-0.2, 0) is 4.74 Å². The Labute approximate surface area is 175 Å². The number of aryl methyl sites for hydroxylation is 2. The summed E-state index contributed by atoms with van der Waals surface area (Å²) < 4.78 is 19.6. The summed E-state index contributed by atoms with van der Waals surface area (Å²) in [4.78, 5) is 22.4. The Morgan fingerprint density at radius 3 is 2.43 bits per heavy atom. The second-order valence-electron chi connectivity index (χ2n) is 7.63. The Bertz CT molecular complexity index is 1020. The Morgan fingerprint density at radius 2 is 1.77 bits per heavy atom. The zero-order valence-corrected chi connectivity index (χ0v) is 17.6.